The second kappa shape index (κ2) is 6.23. The van der Waals surface area contributed by atoms with E-state index in [1.165, 1.54) is 6.42 Å². The maximum atomic E-state index is 13.1. The molecule has 2 rings (SSSR count). The maximum absolute atomic E-state index is 13.1. The number of hydrogen-bond acceptors (Lipinski definition) is 1. The summed E-state index contributed by atoms with van der Waals surface area (Å²) in [5.74, 6) is 0.974. The fraction of sp³-hybridized carbons (Fsp3) is 1.00. The minimum Gasteiger partial charge on any atom is -0.270 e. The molecule has 0 bridgehead atoms. The standard InChI is InChI=1S/C10H20Cl2N3OP/c11-4-7-14(8-5-12)17(16)13-9-10-3-1-2-6-15(10)17/h10H,1-9H2,(H,13,16). The van der Waals surface area contributed by atoms with E-state index < -0.39 is 7.59 Å². The van der Waals surface area contributed by atoms with Crippen LogP contribution in [0.15, 0.2) is 0 Å². The van der Waals surface area contributed by atoms with Gasteiger partial charge < -0.3 is 0 Å². The van der Waals surface area contributed by atoms with E-state index in [2.05, 4.69) is 9.76 Å². The lowest BCUT2D eigenvalue weighted by atomic mass is 10.1. The molecule has 0 amide bonds. The van der Waals surface area contributed by atoms with Gasteiger partial charge in [-0.15, -0.1) is 23.2 Å². The summed E-state index contributed by atoms with van der Waals surface area (Å²) in [5.41, 5.74) is 0. The highest BCUT2D eigenvalue weighted by Crippen LogP contribution is 2.55. The Morgan fingerprint density at radius 3 is 2.65 bits per heavy atom. The molecule has 7 heteroatoms. The van der Waals surface area contributed by atoms with E-state index >= 15 is 0 Å². The Hall–Kier alpha value is 0.690. The Bertz CT molecular complexity index is 299. The quantitative estimate of drug-likeness (QED) is 0.624. The highest BCUT2D eigenvalue weighted by molar-refractivity contribution is 7.57. The summed E-state index contributed by atoms with van der Waals surface area (Å²) in [4.78, 5) is 0. The van der Waals surface area contributed by atoms with Crippen molar-refractivity contribution in [2.75, 3.05) is 37.9 Å². The van der Waals surface area contributed by atoms with Crippen LogP contribution in [-0.4, -0.2) is 53.3 Å². The predicted octanol–water partition coefficient (Wildman–Crippen LogP) is 2.33. The van der Waals surface area contributed by atoms with Crippen molar-refractivity contribution in [2.45, 2.75) is 25.3 Å². The summed E-state index contributed by atoms with van der Waals surface area (Å²) in [6.07, 6.45) is 3.53. The number of nitrogens with zero attached hydrogens (tertiary/aromatic N) is 2. The molecule has 0 spiro atoms. The van der Waals surface area contributed by atoms with Gasteiger partial charge in [-0.25, -0.2) is 14.4 Å². The van der Waals surface area contributed by atoms with Crippen LogP contribution in [0.4, 0.5) is 0 Å². The molecule has 0 aromatic heterocycles. The van der Waals surface area contributed by atoms with E-state index in [4.69, 9.17) is 23.2 Å². The summed E-state index contributed by atoms with van der Waals surface area (Å²) in [6.45, 7) is 3.01. The largest absolute Gasteiger partial charge is 0.284 e. The number of fused-ring (bicyclic) bond motifs is 1. The zero-order valence-corrected chi connectivity index (χ0v) is 12.4. The summed E-state index contributed by atoms with van der Waals surface area (Å²) in [6, 6.07) is 0.433. The highest BCUT2D eigenvalue weighted by atomic mass is 35.5. The van der Waals surface area contributed by atoms with Gasteiger partial charge in [-0.2, -0.15) is 0 Å². The normalized spacial score (nSPS) is 34.2. The molecular formula is C10H20Cl2N3OP. The Kier molecular flexibility index (Phi) is 5.17. The first kappa shape index (κ1) is 14.1. The van der Waals surface area contributed by atoms with E-state index in [1.807, 2.05) is 4.67 Å². The Balaban J connectivity index is 2.12. The van der Waals surface area contributed by atoms with Crippen LogP contribution in [-0.2, 0) is 4.57 Å². The van der Waals surface area contributed by atoms with Gasteiger partial charge in [0.25, 0.3) is 7.59 Å². The molecule has 2 saturated heterocycles. The molecule has 2 aliphatic heterocycles. The molecule has 4 nitrogen and oxygen atoms in total. The zero-order chi connectivity index (χ0) is 12.3. The first-order valence-corrected chi connectivity index (χ1v) is 8.90. The van der Waals surface area contributed by atoms with Gasteiger partial charge in [0.05, 0.1) is 0 Å². The van der Waals surface area contributed by atoms with Crippen molar-refractivity contribution >= 4 is 30.8 Å². The summed E-state index contributed by atoms with van der Waals surface area (Å²) >= 11 is 11.6. The summed E-state index contributed by atoms with van der Waals surface area (Å²) in [5, 5.41) is 3.23. The molecule has 2 aliphatic rings. The van der Waals surface area contributed by atoms with E-state index in [-0.39, 0.29) is 0 Å². The van der Waals surface area contributed by atoms with Gasteiger partial charge >= 0.3 is 0 Å². The lowest BCUT2D eigenvalue weighted by Gasteiger charge is -2.37. The number of alkyl halides is 2. The lowest BCUT2D eigenvalue weighted by Crippen LogP contribution is -2.39. The van der Waals surface area contributed by atoms with Crippen LogP contribution in [0.25, 0.3) is 0 Å². The van der Waals surface area contributed by atoms with Crippen molar-refractivity contribution in [3.05, 3.63) is 0 Å². The van der Waals surface area contributed by atoms with Crippen molar-refractivity contribution in [1.29, 1.82) is 0 Å². The van der Waals surface area contributed by atoms with Crippen molar-refractivity contribution in [3.8, 4) is 0 Å². The average molecular weight is 300 g/mol. The second-order valence-corrected chi connectivity index (χ2v) is 7.79. The van der Waals surface area contributed by atoms with Crippen molar-refractivity contribution < 1.29 is 4.57 Å². The molecule has 2 unspecified atom stereocenters. The Labute approximate surface area is 113 Å². The fourth-order valence-corrected chi connectivity index (χ4v) is 6.30. The monoisotopic (exact) mass is 299 g/mol. The van der Waals surface area contributed by atoms with Crippen LogP contribution in [0.5, 0.6) is 0 Å². The van der Waals surface area contributed by atoms with E-state index in [1.54, 1.807) is 0 Å². The van der Waals surface area contributed by atoms with Crippen LogP contribution in [0.2, 0.25) is 0 Å². The number of hydrogen-bond donors (Lipinski definition) is 1. The number of piperidine rings is 1. The fourth-order valence-electron chi connectivity index (χ4n) is 2.71. The third-order valence-corrected chi connectivity index (χ3v) is 6.87. The van der Waals surface area contributed by atoms with Crippen LogP contribution in [0.1, 0.15) is 19.3 Å². The first-order valence-electron chi connectivity index (χ1n) is 6.22. The molecule has 0 aromatic rings. The molecule has 0 saturated carbocycles. The van der Waals surface area contributed by atoms with Crippen LogP contribution in [0, 0.1) is 0 Å². The minimum absolute atomic E-state index is 0.433. The molecule has 0 aromatic carbocycles. The topological polar surface area (TPSA) is 35.6 Å². The van der Waals surface area contributed by atoms with Crippen molar-refractivity contribution in [1.82, 2.24) is 14.4 Å². The van der Waals surface area contributed by atoms with E-state index in [9.17, 15) is 4.57 Å². The maximum Gasteiger partial charge on any atom is 0.284 e. The van der Waals surface area contributed by atoms with Crippen LogP contribution >= 0.6 is 30.8 Å². The second-order valence-electron chi connectivity index (χ2n) is 4.55. The van der Waals surface area contributed by atoms with Gasteiger partial charge in [-0.05, 0) is 12.8 Å². The minimum atomic E-state index is -2.60. The molecule has 0 radical (unpaired) electrons. The van der Waals surface area contributed by atoms with Crippen LogP contribution < -0.4 is 5.09 Å². The Morgan fingerprint density at radius 2 is 2.00 bits per heavy atom. The van der Waals surface area contributed by atoms with Crippen molar-refractivity contribution in [3.63, 3.8) is 0 Å². The van der Waals surface area contributed by atoms with Crippen molar-refractivity contribution in [2.24, 2.45) is 0 Å². The predicted molar refractivity (Wildman–Crippen MR) is 73.0 cm³/mol. The molecule has 2 fully saturated rings. The zero-order valence-electron chi connectivity index (χ0n) is 9.95. The molecule has 2 atom stereocenters. The third kappa shape index (κ3) is 2.83. The van der Waals surface area contributed by atoms with Crippen LogP contribution in [0.3, 0.4) is 0 Å². The average Bonchev–Trinajstić information content (AvgIpc) is 2.69. The summed E-state index contributed by atoms with van der Waals surface area (Å²) in [7, 11) is -2.60. The molecular weight excluding hydrogens is 280 g/mol. The SMILES string of the molecule is O=P1(N(CCCl)CCCl)NCC2CCCCN21. The first-order chi connectivity index (χ1) is 8.22. The number of halogens is 2. The molecule has 100 valence electrons. The molecule has 17 heavy (non-hydrogen) atoms. The highest BCUT2D eigenvalue weighted by Gasteiger charge is 2.46. The molecule has 0 aliphatic carbocycles. The third-order valence-electron chi connectivity index (χ3n) is 3.55. The van der Waals surface area contributed by atoms with Gasteiger partial charge in [0, 0.05) is 44.0 Å². The number of rotatable bonds is 5. The van der Waals surface area contributed by atoms with E-state index in [0.717, 1.165) is 25.9 Å². The van der Waals surface area contributed by atoms with Gasteiger partial charge in [0.2, 0.25) is 0 Å². The summed E-state index contributed by atoms with van der Waals surface area (Å²) < 4.78 is 17.2. The molecule has 2 heterocycles. The van der Waals surface area contributed by atoms with Gasteiger partial charge in [-0.1, -0.05) is 6.42 Å². The smallest absolute Gasteiger partial charge is 0.270 e. The van der Waals surface area contributed by atoms with E-state index in [0.29, 0.717) is 30.9 Å². The molecule has 1 N–H and O–H groups in total. The van der Waals surface area contributed by atoms with Gasteiger partial charge in [-0.3, -0.25) is 4.57 Å². The number of nitrogens with one attached hydrogen (secondary N) is 1. The van der Waals surface area contributed by atoms with Gasteiger partial charge in [0.1, 0.15) is 0 Å². The Morgan fingerprint density at radius 1 is 1.29 bits per heavy atom. The van der Waals surface area contributed by atoms with Gasteiger partial charge in [0.15, 0.2) is 0 Å². The lowest BCUT2D eigenvalue weighted by molar-refractivity contribution is 0.261.